The molecule has 0 radical (unpaired) electrons. The van der Waals surface area contributed by atoms with Crippen LogP contribution in [0.5, 0.6) is 11.5 Å². The molecule has 0 aliphatic heterocycles. The molecule has 0 fully saturated rings. The van der Waals surface area contributed by atoms with Crippen LogP contribution < -0.4 is 9.47 Å². The molecular weight excluding hydrogens is 370 g/mol. The van der Waals surface area contributed by atoms with E-state index in [0.29, 0.717) is 23.7 Å². The van der Waals surface area contributed by atoms with E-state index in [-0.39, 0.29) is 0 Å². The molecule has 0 atom stereocenters. The fourth-order valence-electron chi connectivity index (χ4n) is 3.43. The predicted octanol–water partition coefficient (Wildman–Crippen LogP) is 6.49. The van der Waals surface area contributed by atoms with Gasteiger partial charge in [0.05, 0.1) is 18.8 Å². The standard InChI is InChI=1S/C27H21NO2/c1-29-27-17-21(14-15-26(27)30-19-20-8-3-2-4-9-20)16-23(18-28)25-13-7-11-22-10-5-6-12-24(22)25/h2-17H,19H2,1H3/b23-16-. The van der Waals surface area contributed by atoms with Crippen molar-refractivity contribution in [1.82, 2.24) is 0 Å². The molecule has 0 aromatic heterocycles. The molecule has 0 unspecified atom stereocenters. The number of nitriles is 1. The van der Waals surface area contributed by atoms with Crippen LogP contribution in [-0.2, 0) is 6.61 Å². The molecule has 0 bridgehead atoms. The quantitative estimate of drug-likeness (QED) is 0.279. The topological polar surface area (TPSA) is 42.2 Å². The third-order valence-electron chi connectivity index (χ3n) is 4.94. The summed E-state index contributed by atoms with van der Waals surface area (Å²) in [5, 5.41) is 12.0. The summed E-state index contributed by atoms with van der Waals surface area (Å²) in [5.74, 6) is 1.30. The summed E-state index contributed by atoms with van der Waals surface area (Å²) in [7, 11) is 1.62. The lowest BCUT2D eigenvalue weighted by Gasteiger charge is -2.12. The summed E-state index contributed by atoms with van der Waals surface area (Å²) in [6, 6.07) is 32.1. The van der Waals surface area contributed by atoms with Crippen LogP contribution >= 0.6 is 0 Å². The molecule has 0 N–H and O–H groups in total. The zero-order valence-corrected chi connectivity index (χ0v) is 16.7. The third-order valence-corrected chi connectivity index (χ3v) is 4.94. The summed E-state index contributed by atoms with van der Waals surface area (Å²) in [4.78, 5) is 0. The number of nitrogens with zero attached hydrogens (tertiary/aromatic N) is 1. The van der Waals surface area contributed by atoms with Crippen LogP contribution in [0.2, 0.25) is 0 Å². The van der Waals surface area contributed by atoms with Crippen LogP contribution in [0, 0.1) is 11.3 Å². The van der Waals surface area contributed by atoms with Gasteiger partial charge in [-0.2, -0.15) is 5.26 Å². The van der Waals surface area contributed by atoms with Crippen molar-refractivity contribution in [1.29, 1.82) is 5.26 Å². The molecule has 0 aliphatic rings. The molecule has 0 saturated carbocycles. The fraction of sp³-hybridized carbons (Fsp3) is 0.0741. The summed E-state index contributed by atoms with van der Waals surface area (Å²) >= 11 is 0. The maximum atomic E-state index is 9.82. The Morgan fingerprint density at radius 3 is 2.43 bits per heavy atom. The first kappa shape index (κ1) is 19.3. The van der Waals surface area contributed by atoms with E-state index in [4.69, 9.17) is 9.47 Å². The molecule has 146 valence electrons. The minimum absolute atomic E-state index is 0.464. The van der Waals surface area contributed by atoms with Gasteiger partial charge in [0, 0.05) is 5.56 Å². The number of benzene rings is 4. The van der Waals surface area contributed by atoms with Crippen molar-refractivity contribution in [3.8, 4) is 17.6 Å². The van der Waals surface area contributed by atoms with Gasteiger partial charge in [-0.3, -0.25) is 0 Å². The zero-order chi connectivity index (χ0) is 20.8. The number of allylic oxidation sites excluding steroid dienone is 1. The second-order valence-electron chi connectivity index (χ2n) is 6.88. The highest BCUT2D eigenvalue weighted by Gasteiger charge is 2.09. The summed E-state index contributed by atoms with van der Waals surface area (Å²) < 4.78 is 11.5. The Kier molecular flexibility index (Phi) is 5.78. The van der Waals surface area contributed by atoms with E-state index < -0.39 is 0 Å². The Balaban J connectivity index is 1.64. The van der Waals surface area contributed by atoms with Gasteiger partial charge in [-0.1, -0.05) is 78.9 Å². The van der Waals surface area contributed by atoms with Gasteiger partial charge in [0.1, 0.15) is 6.61 Å². The summed E-state index contributed by atoms with van der Waals surface area (Å²) in [5.41, 5.74) is 3.49. The average molecular weight is 391 g/mol. The lowest BCUT2D eigenvalue weighted by atomic mass is 9.97. The van der Waals surface area contributed by atoms with Crippen LogP contribution in [0.1, 0.15) is 16.7 Å². The molecule has 3 heteroatoms. The number of hydrogen-bond donors (Lipinski definition) is 0. The van der Waals surface area contributed by atoms with Crippen LogP contribution in [0.15, 0.2) is 91.0 Å². The molecule has 30 heavy (non-hydrogen) atoms. The van der Waals surface area contributed by atoms with Crippen molar-refractivity contribution in [3.63, 3.8) is 0 Å². The van der Waals surface area contributed by atoms with Crippen molar-refractivity contribution in [2.75, 3.05) is 7.11 Å². The minimum Gasteiger partial charge on any atom is -0.493 e. The highest BCUT2D eigenvalue weighted by molar-refractivity contribution is 6.01. The average Bonchev–Trinajstić information content (AvgIpc) is 2.82. The van der Waals surface area contributed by atoms with Crippen molar-refractivity contribution >= 4 is 22.4 Å². The molecule has 0 saturated heterocycles. The highest BCUT2D eigenvalue weighted by Crippen LogP contribution is 2.31. The van der Waals surface area contributed by atoms with Gasteiger partial charge in [0.2, 0.25) is 0 Å². The monoisotopic (exact) mass is 391 g/mol. The number of ether oxygens (including phenoxy) is 2. The number of hydrogen-bond acceptors (Lipinski definition) is 3. The number of methoxy groups -OCH3 is 1. The van der Waals surface area contributed by atoms with Crippen LogP contribution in [0.4, 0.5) is 0 Å². The molecule has 4 rings (SSSR count). The maximum absolute atomic E-state index is 9.82. The normalized spacial score (nSPS) is 11.1. The van der Waals surface area contributed by atoms with E-state index in [9.17, 15) is 5.26 Å². The zero-order valence-electron chi connectivity index (χ0n) is 16.7. The maximum Gasteiger partial charge on any atom is 0.161 e. The van der Waals surface area contributed by atoms with Gasteiger partial charge < -0.3 is 9.47 Å². The van der Waals surface area contributed by atoms with Crippen LogP contribution in [0.25, 0.3) is 22.4 Å². The van der Waals surface area contributed by atoms with Gasteiger partial charge in [-0.05, 0) is 40.1 Å². The van der Waals surface area contributed by atoms with E-state index in [1.165, 1.54) is 0 Å². The SMILES string of the molecule is COc1cc(/C=C(/C#N)c2cccc3ccccc23)ccc1OCc1ccccc1. The van der Waals surface area contributed by atoms with Gasteiger partial charge in [0.15, 0.2) is 11.5 Å². The van der Waals surface area contributed by atoms with Crippen molar-refractivity contribution in [2.24, 2.45) is 0 Å². The van der Waals surface area contributed by atoms with E-state index in [1.807, 2.05) is 84.9 Å². The molecule has 0 spiro atoms. The number of rotatable bonds is 6. The first-order chi connectivity index (χ1) is 14.8. The van der Waals surface area contributed by atoms with Gasteiger partial charge >= 0.3 is 0 Å². The molecule has 3 nitrogen and oxygen atoms in total. The van der Waals surface area contributed by atoms with Crippen molar-refractivity contribution in [2.45, 2.75) is 6.61 Å². The molecule has 0 aliphatic carbocycles. The number of fused-ring (bicyclic) bond motifs is 1. The Labute approximate surface area is 176 Å². The van der Waals surface area contributed by atoms with Crippen molar-refractivity contribution in [3.05, 3.63) is 108 Å². The summed E-state index contributed by atoms with van der Waals surface area (Å²) in [6.07, 6.45) is 1.88. The molecule has 4 aromatic rings. The second kappa shape index (κ2) is 8.98. The molecule has 4 aromatic carbocycles. The van der Waals surface area contributed by atoms with Crippen LogP contribution in [0.3, 0.4) is 0 Å². The molecular formula is C27H21NO2. The van der Waals surface area contributed by atoms with Gasteiger partial charge in [-0.25, -0.2) is 0 Å². The van der Waals surface area contributed by atoms with Gasteiger partial charge in [0.25, 0.3) is 0 Å². The first-order valence-electron chi connectivity index (χ1n) is 9.73. The largest absolute Gasteiger partial charge is 0.493 e. The van der Waals surface area contributed by atoms with E-state index in [1.54, 1.807) is 7.11 Å². The van der Waals surface area contributed by atoms with Gasteiger partial charge in [-0.15, -0.1) is 0 Å². The smallest absolute Gasteiger partial charge is 0.161 e. The second-order valence-corrected chi connectivity index (χ2v) is 6.88. The van der Waals surface area contributed by atoms with E-state index in [0.717, 1.165) is 27.5 Å². The summed E-state index contributed by atoms with van der Waals surface area (Å²) in [6.45, 7) is 0.464. The Bertz CT molecular complexity index is 1230. The Hall–Kier alpha value is -4.03. The van der Waals surface area contributed by atoms with E-state index in [2.05, 4.69) is 18.2 Å². The third kappa shape index (κ3) is 4.19. The molecule has 0 heterocycles. The van der Waals surface area contributed by atoms with E-state index >= 15 is 0 Å². The lowest BCUT2D eigenvalue weighted by molar-refractivity contribution is 0.284. The first-order valence-corrected chi connectivity index (χ1v) is 9.73. The predicted molar refractivity (Wildman–Crippen MR) is 121 cm³/mol. The Morgan fingerprint density at radius 1 is 0.867 bits per heavy atom. The fourth-order valence-corrected chi connectivity index (χ4v) is 3.43. The lowest BCUT2D eigenvalue weighted by Crippen LogP contribution is -1.97. The minimum atomic E-state index is 0.464. The Morgan fingerprint density at radius 2 is 1.63 bits per heavy atom. The molecule has 0 amide bonds. The van der Waals surface area contributed by atoms with Crippen molar-refractivity contribution < 1.29 is 9.47 Å². The van der Waals surface area contributed by atoms with Crippen LogP contribution in [-0.4, -0.2) is 7.11 Å². The highest BCUT2D eigenvalue weighted by atomic mass is 16.5.